The molecular formula is C22H21N5O5S. The third-order valence-corrected chi connectivity index (χ3v) is 6.86. The summed E-state index contributed by atoms with van der Waals surface area (Å²) in [4.78, 5) is 36.1. The van der Waals surface area contributed by atoms with Crippen LogP contribution < -0.4 is 22.5 Å². The van der Waals surface area contributed by atoms with Gasteiger partial charge in [-0.25, -0.2) is 13.1 Å². The van der Waals surface area contributed by atoms with Crippen molar-refractivity contribution in [2.75, 3.05) is 5.84 Å². The monoisotopic (exact) mass is 467 g/mol. The molecule has 0 atom stereocenters. The van der Waals surface area contributed by atoms with Crippen molar-refractivity contribution in [2.45, 2.75) is 23.1 Å². The van der Waals surface area contributed by atoms with Crippen molar-refractivity contribution in [3.8, 4) is 0 Å². The lowest BCUT2D eigenvalue weighted by Gasteiger charge is -2.14. The summed E-state index contributed by atoms with van der Waals surface area (Å²) >= 11 is 0. The van der Waals surface area contributed by atoms with Crippen molar-refractivity contribution in [1.82, 2.24) is 9.99 Å². The molecule has 1 heterocycles. The number of nitrogens with zero attached hydrogens (tertiary/aromatic N) is 1. The van der Waals surface area contributed by atoms with Crippen LogP contribution in [0.1, 0.15) is 27.0 Å². The summed E-state index contributed by atoms with van der Waals surface area (Å²) in [5.41, 5.74) is 4.99. The molecule has 0 bridgehead atoms. The van der Waals surface area contributed by atoms with Crippen LogP contribution in [-0.2, 0) is 21.1 Å². The Labute approximate surface area is 189 Å². The Kier molecular flexibility index (Phi) is 6.45. The maximum absolute atomic E-state index is 13.1. The second-order valence-electron chi connectivity index (χ2n) is 7.17. The fourth-order valence-corrected chi connectivity index (χ4v) is 4.72. The molecule has 2 amide bonds. The number of amidine groups is 1. The molecule has 0 aliphatic heterocycles. The molecule has 0 unspecified atom stereocenters. The van der Waals surface area contributed by atoms with E-state index in [0.717, 1.165) is 6.20 Å². The lowest BCUT2D eigenvalue weighted by molar-refractivity contribution is -0.119. The zero-order valence-corrected chi connectivity index (χ0v) is 18.3. The first-order valence-corrected chi connectivity index (χ1v) is 11.1. The topological polar surface area (TPSA) is 178 Å². The Bertz CT molecular complexity index is 1410. The minimum Gasteiger partial charge on any atom is -0.366 e. The van der Waals surface area contributed by atoms with Crippen LogP contribution >= 0.6 is 0 Å². The standard InChI is InChI=1S/C22H21N5O5S/c1-13-17(11-19(28)26-20(23)14-7-9-15(10-8-14)21(24)29)22(30)27(25)12-18(13)33(31,32)16-5-3-2-4-6-16/h2-10,12H,11,25H2,1H3,(H2,24,29)(H2,23,26,28). The number of nitrogens with one attached hydrogen (secondary N) is 2. The van der Waals surface area contributed by atoms with Crippen LogP contribution in [0.15, 0.2) is 75.4 Å². The van der Waals surface area contributed by atoms with Crippen LogP contribution in [0.2, 0.25) is 0 Å². The minimum absolute atomic E-state index is 0.0170. The van der Waals surface area contributed by atoms with Crippen LogP contribution in [-0.4, -0.2) is 30.7 Å². The smallest absolute Gasteiger partial charge is 0.272 e. The van der Waals surface area contributed by atoms with Crippen molar-refractivity contribution in [1.29, 1.82) is 5.41 Å². The van der Waals surface area contributed by atoms with Gasteiger partial charge in [-0.2, -0.15) is 0 Å². The van der Waals surface area contributed by atoms with E-state index in [1.165, 1.54) is 43.3 Å². The van der Waals surface area contributed by atoms with Crippen molar-refractivity contribution < 1.29 is 18.0 Å². The fraction of sp³-hybridized carbons (Fsp3) is 0.0909. The third-order valence-electron chi connectivity index (χ3n) is 4.97. The number of hydrogen-bond donors (Lipinski definition) is 4. The number of rotatable bonds is 6. The highest BCUT2D eigenvalue weighted by Gasteiger charge is 2.25. The second-order valence-corrected chi connectivity index (χ2v) is 9.09. The van der Waals surface area contributed by atoms with Gasteiger partial charge in [0.15, 0.2) is 0 Å². The maximum atomic E-state index is 13.1. The van der Waals surface area contributed by atoms with E-state index in [1.54, 1.807) is 18.2 Å². The largest absolute Gasteiger partial charge is 0.366 e. The number of pyridine rings is 1. The molecule has 1 aromatic heterocycles. The van der Waals surface area contributed by atoms with Gasteiger partial charge in [0.1, 0.15) is 5.84 Å². The van der Waals surface area contributed by atoms with Gasteiger partial charge in [0.25, 0.3) is 5.56 Å². The summed E-state index contributed by atoms with van der Waals surface area (Å²) in [6.45, 7) is 1.42. The lowest BCUT2D eigenvalue weighted by atomic mass is 10.1. The fourth-order valence-electron chi connectivity index (χ4n) is 3.17. The van der Waals surface area contributed by atoms with Crippen LogP contribution in [0, 0.1) is 12.3 Å². The molecule has 10 nitrogen and oxygen atoms in total. The Morgan fingerprint density at radius 1 is 1.03 bits per heavy atom. The number of primary amides is 1. The van der Waals surface area contributed by atoms with Gasteiger partial charge in [0.05, 0.1) is 16.2 Å². The quantitative estimate of drug-likeness (QED) is 0.233. The summed E-state index contributed by atoms with van der Waals surface area (Å²) in [7, 11) is -4.00. The molecule has 0 saturated heterocycles. The zero-order chi connectivity index (χ0) is 24.3. The average molecular weight is 468 g/mol. The molecule has 2 aromatic carbocycles. The molecule has 3 rings (SSSR count). The number of amides is 2. The molecule has 0 aliphatic rings. The number of nitrogens with two attached hydrogens (primary N) is 2. The van der Waals surface area contributed by atoms with Gasteiger partial charge < -0.3 is 16.9 Å². The molecule has 0 spiro atoms. The first-order valence-electron chi connectivity index (χ1n) is 9.61. The van der Waals surface area contributed by atoms with Crippen LogP contribution in [0.3, 0.4) is 0 Å². The predicted octanol–water partition coefficient (Wildman–Crippen LogP) is 0.486. The first-order chi connectivity index (χ1) is 15.5. The van der Waals surface area contributed by atoms with Crippen LogP contribution in [0.4, 0.5) is 0 Å². The maximum Gasteiger partial charge on any atom is 0.272 e. The summed E-state index contributed by atoms with van der Waals surface area (Å²) in [5.74, 6) is 4.09. The molecule has 3 aromatic rings. The summed E-state index contributed by atoms with van der Waals surface area (Å²) < 4.78 is 26.7. The van der Waals surface area contributed by atoms with Crippen molar-refractivity contribution in [2.24, 2.45) is 5.73 Å². The van der Waals surface area contributed by atoms with E-state index in [2.05, 4.69) is 5.32 Å². The Morgan fingerprint density at radius 2 is 1.61 bits per heavy atom. The number of benzene rings is 2. The number of carbonyl (C=O) groups excluding carboxylic acids is 2. The number of carbonyl (C=O) groups is 2. The second kappa shape index (κ2) is 9.09. The first kappa shape index (κ1) is 23.4. The van der Waals surface area contributed by atoms with Crippen molar-refractivity contribution in [3.63, 3.8) is 0 Å². The van der Waals surface area contributed by atoms with Gasteiger partial charge in [0, 0.05) is 22.9 Å². The average Bonchev–Trinajstić information content (AvgIpc) is 2.79. The van der Waals surface area contributed by atoms with Crippen LogP contribution in [0.5, 0.6) is 0 Å². The summed E-state index contributed by atoms with van der Waals surface area (Å²) in [6, 6.07) is 13.3. The van der Waals surface area contributed by atoms with E-state index >= 15 is 0 Å². The van der Waals surface area contributed by atoms with Gasteiger partial charge in [-0.3, -0.25) is 19.8 Å². The molecule has 170 valence electrons. The molecule has 11 heteroatoms. The van der Waals surface area contributed by atoms with Gasteiger partial charge in [0.2, 0.25) is 21.7 Å². The molecule has 0 fully saturated rings. The van der Waals surface area contributed by atoms with E-state index < -0.39 is 33.6 Å². The minimum atomic E-state index is -4.00. The van der Waals surface area contributed by atoms with E-state index in [9.17, 15) is 22.8 Å². The number of aromatic nitrogens is 1. The van der Waals surface area contributed by atoms with E-state index in [-0.39, 0.29) is 32.3 Å². The molecular weight excluding hydrogens is 446 g/mol. The van der Waals surface area contributed by atoms with E-state index in [4.69, 9.17) is 17.0 Å². The number of hydrogen-bond acceptors (Lipinski definition) is 7. The Morgan fingerprint density at radius 3 is 2.18 bits per heavy atom. The number of nitrogen functional groups attached to an aromatic ring is 1. The van der Waals surface area contributed by atoms with Crippen LogP contribution in [0.25, 0.3) is 0 Å². The third kappa shape index (κ3) is 4.83. The Hall–Kier alpha value is -4.25. The molecule has 0 radical (unpaired) electrons. The summed E-state index contributed by atoms with van der Waals surface area (Å²) in [6.07, 6.45) is 0.519. The lowest BCUT2D eigenvalue weighted by Crippen LogP contribution is -2.37. The predicted molar refractivity (Wildman–Crippen MR) is 121 cm³/mol. The zero-order valence-electron chi connectivity index (χ0n) is 17.5. The van der Waals surface area contributed by atoms with E-state index in [1.807, 2.05) is 0 Å². The molecule has 6 N–H and O–H groups in total. The van der Waals surface area contributed by atoms with Gasteiger partial charge in [-0.15, -0.1) is 0 Å². The SMILES string of the molecule is Cc1c(S(=O)(=O)c2ccccc2)cn(N)c(=O)c1CC(=O)NC(=N)c1ccc(C(N)=O)cc1. The van der Waals surface area contributed by atoms with Gasteiger partial charge in [-0.1, -0.05) is 30.3 Å². The number of sulfone groups is 1. The molecule has 0 saturated carbocycles. The Balaban J connectivity index is 1.89. The molecule has 33 heavy (non-hydrogen) atoms. The molecule has 0 aliphatic carbocycles. The summed E-state index contributed by atoms with van der Waals surface area (Å²) in [5, 5.41) is 10.4. The van der Waals surface area contributed by atoms with Crippen molar-refractivity contribution >= 4 is 27.5 Å². The van der Waals surface area contributed by atoms with Gasteiger partial charge in [-0.05, 0) is 36.8 Å². The highest BCUT2D eigenvalue weighted by Crippen LogP contribution is 2.24. The normalized spacial score (nSPS) is 11.1. The highest BCUT2D eigenvalue weighted by molar-refractivity contribution is 7.91. The van der Waals surface area contributed by atoms with Crippen molar-refractivity contribution in [3.05, 3.63) is 93.4 Å². The van der Waals surface area contributed by atoms with E-state index in [0.29, 0.717) is 10.2 Å². The van der Waals surface area contributed by atoms with Gasteiger partial charge >= 0.3 is 0 Å². The highest BCUT2D eigenvalue weighted by atomic mass is 32.2.